The molecule has 0 unspecified atom stereocenters. The van der Waals surface area contributed by atoms with Gasteiger partial charge in [0.2, 0.25) is 0 Å². The molecule has 1 aromatic rings. The largest absolute Gasteiger partial charge is 0.488 e. The van der Waals surface area contributed by atoms with Crippen LogP contribution in [0.4, 0.5) is 0 Å². The molecular formula is C10H9BrCl2O3. The highest BCUT2D eigenvalue weighted by atomic mass is 79.9. The van der Waals surface area contributed by atoms with Crippen LogP contribution in [0.15, 0.2) is 16.6 Å². The predicted molar refractivity (Wildman–Crippen MR) is 66.5 cm³/mol. The van der Waals surface area contributed by atoms with Crippen molar-refractivity contribution in [1.82, 2.24) is 0 Å². The van der Waals surface area contributed by atoms with E-state index < -0.39 is 12.1 Å². The third-order valence-corrected chi connectivity index (χ3v) is 3.26. The second-order valence-electron chi connectivity index (χ2n) is 3.22. The third-order valence-electron chi connectivity index (χ3n) is 1.77. The minimum atomic E-state index is -0.924. The number of hydrogen-bond acceptors (Lipinski definition) is 2. The third kappa shape index (κ3) is 3.85. The second-order valence-corrected chi connectivity index (χ2v) is 4.89. The zero-order valence-corrected chi connectivity index (χ0v) is 11.4. The van der Waals surface area contributed by atoms with E-state index in [1.165, 1.54) is 0 Å². The summed E-state index contributed by atoms with van der Waals surface area (Å²) >= 11 is 15.0. The molecule has 0 fully saturated rings. The van der Waals surface area contributed by atoms with Crippen molar-refractivity contribution < 1.29 is 14.6 Å². The molecule has 0 spiro atoms. The van der Waals surface area contributed by atoms with E-state index in [0.717, 1.165) is 0 Å². The number of carboxylic acid groups (broad SMARTS) is 1. The summed E-state index contributed by atoms with van der Waals surface area (Å²) in [5.74, 6) is -0.546. The first-order valence-electron chi connectivity index (χ1n) is 4.43. The van der Waals surface area contributed by atoms with Crippen LogP contribution in [-0.2, 0) is 4.79 Å². The van der Waals surface area contributed by atoms with Crippen molar-refractivity contribution in [2.45, 2.75) is 19.4 Å². The molecule has 0 radical (unpaired) electrons. The molecule has 0 bridgehead atoms. The van der Waals surface area contributed by atoms with E-state index in [1.54, 1.807) is 19.1 Å². The first-order chi connectivity index (χ1) is 7.40. The van der Waals surface area contributed by atoms with E-state index in [4.69, 9.17) is 33.0 Å². The van der Waals surface area contributed by atoms with E-state index in [2.05, 4.69) is 15.9 Å². The number of benzene rings is 1. The highest BCUT2D eigenvalue weighted by molar-refractivity contribution is 9.10. The Balaban J connectivity index is 2.81. The fraction of sp³-hybridized carbons (Fsp3) is 0.300. The van der Waals surface area contributed by atoms with Crippen LogP contribution in [0.1, 0.15) is 13.3 Å². The van der Waals surface area contributed by atoms with Crippen molar-refractivity contribution >= 4 is 45.1 Å². The molecule has 3 nitrogen and oxygen atoms in total. The molecule has 0 aliphatic heterocycles. The lowest BCUT2D eigenvalue weighted by Crippen LogP contribution is -2.16. The van der Waals surface area contributed by atoms with Gasteiger partial charge in [-0.25, -0.2) is 0 Å². The van der Waals surface area contributed by atoms with Gasteiger partial charge in [-0.1, -0.05) is 23.2 Å². The van der Waals surface area contributed by atoms with Gasteiger partial charge in [0, 0.05) is 10.5 Å². The lowest BCUT2D eigenvalue weighted by Gasteiger charge is -2.14. The maximum atomic E-state index is 10.5. The molecule has 0 aliphatic carbocycles. The quantitative estimate of drug-likeness (QED) is 0.850. The molecule has 6 heteroatoms. The smallest absolute Gasteiger partial charge is 0.307 e. The molecule has 0 heterocycles. The standard InChI is InChI=1S/C10H9BrCl2O3/c1-5(2-10(14)15)16-9-4-7(12)6(11)3-8(9)13/h3-5H,2H2,1H3,(H,14,15)/t5-/m0/s1. The van der Waals surface area contributed by atoms with Gasteiger partial charge in [-0.15, -0.1) is 0 Å². The van der Waals surface area contributed by atoms with Crippen LogP contribution in [0.5, 0.6) is 5.75 Å². The van der Waals surface area contributed by atoms with Gasteiger partial charge < -0.3 is 9.84 Å². The Morgan fingerprint density at radius 1 is 1.50 bits per heavy atom. The van der Waals surface area contributed by atoms with Crippen molar-refractivity contribution in [3.63, 3.8) is 0 Å². The molecule has 1 N–H and O–H groups in total. The van der Waals surface area contributed by atoms with Crippen LogP contribution < -0.4 is 4.74 Å². The van der Waals surface area contributed by atoms with Crippen LogP contribution in [-0.4, -0.2) is 17.2 Å². The minimum absolute atomic E-state index is 0.0932. The number of halogens is 3. The molecule has 1 atom stereocenters. The molecule has 0 aromatic heterocycles. The Bertz CT molecular complexity index is 409. The normalized spacial score (nSPS) is 12.2. The summed E-state index contributed by atoms with van der Waals surface area (Å²) in [6.07, 6.45) is -0.559. The molecule has 16 heavy (non-hydrogen) atoms. The Labute approximate surface area is 111 Å². The number of carboxylic acids is 1. The van der Waals surface area contributed by atoms with E-state index in [0.29, 0.717) is 20.3 Å². The average molecular weight is 328 g/mol. The van der Waals surface area contributed by atoms with Crippen LogP contribution in [0.2, 0.25) is 10.0 Å². The molecule has 0 amide bonds. The van der Waals surface area contributed by atoms with Gasteiger partial charge >= 0.3 is 5.97 Å². The Morgan fingerprint density at radius 2 is 2.12 bits per heavy atom. The second kappa shape index (κ2) is 5.75. The summed E-state index contributed by atoms with van der Waals surface area (Å²) in [5.41, 5.74) is 0. The van der Waals surface area contributed by atoms with Gasteiger partial charge in [-0.05, 0) is 28.9 Å². The molecule has 0 saturated carbocycles. The number of rotatable bonds is 4. The Morgan fingerprint density at radius 3 is 2.69 bits per heavy atom. The van der Waals surface area contributed by atoms with Gasteiger partial charge in [-0.3, -0.25) is 4.79 Å². The maximum absolute atomic E-state index is 10.5. The summed E-state index contributed by atoms with van der Waals surface area (Å²) in [6, 6.07) is 3.15. The van der Waals surface area contributed by atoms with Gasteiger partial charge in [0.05, 0.1) is 16.5 Å². The van der Waals surface area contributed by atoms with E-state index in [1.807, 2.05) is 0 Å². The van der Waals surface area contributed by atoms with Crippen LogP contribution in [0.25, 0.3) is 0 Å². The number of aliphatic carboxylic acids is 1. The Kier molecular flexibility index (Phi) is 4.89. The monoisotopic (exact) mass is 326 g/mol. The van der Waals surface area contributed by atoms with Crippen molar-refractivity contribution in [1.29, 1.82) is 0 Å². The first kappa shape index (κ1) is 13.6. The molecule has 88 valence electrons. The van der Waals surface area contributed by atoms with Crippen LogP contribution in [0.3, 0.4) is 0 Å². The molecular weight excluding hydrogens is 319 g/mol. The van der Waals surface area contributed by atoms with Gasteiger partial charge in [0.15, 0.2) is 0 Å². The van der Waals surface area contributed by atoms with Crippen molar-refractivity contribution in [3.8, 4) is 5.75 Å². The fourth-order valence-corrected chi connectivity index (χ4v) is 1.94. The van der Waals surface area contributed by atoms with Crippen molar-refractivity contribution in [2.75, 3.05) is 0 Å². The van der Waals surface area contributed by atoms with E-state index in [9.17, 15) is 4.79 Å². The summed E-state index contributed by atoms with van der Waals surface area (Å²) in [7, 11) is 0. The zero-order valence-electron chi connectivity index (χ0n) is 8.34. The predicted octanol–water partition coefficient (Wildman–Crippen LogP) is 4.00. The number of carbonyl (C=O) groups is 1. The van der Waals surface area contributed by atoms with Gasteiger partial charge in [-0.2, -0.15) is 0 Å². The molecule has 0 aliphatic rings. The van der Waals surface area contributed by atoms with Crippen LogP contribution >= 0.6 is 39.1 Å². The van der Waals surface area contributed by atoms with E-state index >= 15 is 0 Å². The molecule has 0 saturated heterocycles. The lowest BCUT2D eigenvalue weighted by molar-refractivity contribution is -0.138. The summed E-state index contributed by atoms with van der Waals surface area (Å²) in [4.78, 5) is 10.5. The molecule has 1 rings (SSSR count). The lowest BCUT2D eigenvalue weighted by atomic mass is 10.3. The summed E-state index contributed by atoms with van der Waals surface area (Å²) in [5, 5.41) is 9.43. The summed E-state index contributed by atoms with van der Waals surface area (Å²) in [6.45, 7) is 1.65. The van der Waals surface area contributed by atoms with E-state index in [-0.39, 0.29) is 6.42 Å². The van der Waals surface area contributed by atoms with Crippen molar-refractivity contribution in [2.24, 2.45) is 0 Å². The zero-order chi connectivity index (χ0) is 12.3. The fourth-order valence-electron chi connectivity index (χ4n) is 1.10. The highest BCUT2D eigenvalue weighted by Gasteiger charge is 2.13. The maximum Gasteiger partial charge on any atom is 0.307 e. The Hall–Kier alpha value is -0.450. The number of hydrogen-bond donors (Lipinski definition) is 1. The topological polar surface area (TPSA) is 46.5 Å². The van der Waals surface area contributed by atoms with Crippen molar-refractivity contribution in [3.05, 3.63) is 26.7 Å². The number of ether oxygens (including phenoxy) is 1. The minimum Gasteiger partial charge on any atom is -0.488 e. The summed E-state index contributed by atoms with van der Waals surface area (Å²) < 4.78 is 6.04. The van der Waals surface area contributed by atoms with Gasteiger partial charge in [0.1, 0.15) is 11.9 Å². The average Bonchev–Trinajstić information content (AvgIpc) is 2.12. The molecule has 1 aromatic carbocycles. The van der Waals surface area contributed by atoms with Crippen LogP contribution in [0, 0.1) is 0 Å². The first-order valence-corrected chi connectivity index (χ1v) is 5.98. The SMILES string of the molecule is C[C@@H](CC(=O)O)Oc1cc(Cl)c(Br)cc1Cl. The highest BCUT2D eigenvalue weighted by Crippen LogP contribution is 2.34. The van der Waals surface area contributed by atoms with Gasteiger partial charge in [0.25, 0.3) is 0 Å².